The third kappa shape index (κ3) is 7.15. The van der Waals surface area contributed by atoms with Crippen LogP contribution in [0.3, 0.4) is 0 Å². The number of amides is 1. The molecule has 5 nitrogen and oxygen atoms in total. The first-order chi connectivity index (χ1) is 16.0. The Hall–Kier alpha value is -2.18. The minimum absolute atomic E-state index is 0.174. The molecule has 0 aliphatic carbocycles. The van der Waals surface area contributed by atoms with Crippen LogP contribution in [0.15, 0.2) is 36.4 Å². The third-order valence-electron chi connectivity index (χ3n) is 6.22. The highest BCUT2D eigenvalue weighted by molar-refractivity contribution is 7.13. The van der Waals surface area contributed by atoms with Gasteiger partial charge in [0.2, 0.25) is 5.91 Å². The number of rotatable bonds is 13. The molecule has 33 heavy (non-hydrogen) atoms. The fourth-order valence-electron chi connectivity index (χ4n) is 4.38. The van der Waals surface area contributed by atoms with Crippen LogP contribution in [-0.2, 0) is 16.0 Å². The molecule has 0 spiro atoms. The first kappa shape index (κ1) is 25.4. The lowest BCUT2D eigenvalue weighted by atomic mass is 10.0. The number of thiophene rings is 1. The molecule has 2 unspecified atom stereocenters. The molecule has 0 bridgehead atoms. The van der Waals surface area contributed by atoms with Gasteiger partial charge in [-0.3, -0.25) is 4.79 Å². The molecule has 1 fully saturated rings. The molecule has 2 aromatic rings. The smallest absolute Gasteiger partial charge is 0.348 e. The fraction of sp³-hybridized carbons (Fsp3) is 0.556. The van der Waals surface area contributed by atoms with Crippen LogP contribution in [0, 0.1) is 0 Å². The zero-order valence-electron chi connectivity index (χ0n) is 19.9. The molecule has 0 saturated carbocycles. The van der Waals surface area contributed by atoms with Crippen LogP contribution in [0.1, 0.15) is 97.9 Å². The summed E-state index contributed by atoms with van der Waals surface area (Å²) in [5, 5.41) is 10.4. The van der Waals surface area contributed by atoms with Crippen molar-refractivity contribution in [3.63, 3.8) is 0 Å². The van der Waals surface area contributed by atoms with E-state index in [4.69, 9.17) is 4.74 Å². The summed E-state index contributed by atoms with van der Waals surface area (Å²) in [7, 11) is 0. The zero-order valence-corrected chi connectivity index (χ0v) is 20.7. The molecule has 1 aliphatic rings. The van der Waals surface area contributed by atoms with Gasteiger partial charge in [-0.2, -0.15) is 0 Å². The van der Waals surface area contributed by atoms with Crippen molar-refractivity contribution >= 4 is 28.9 Å². The molecule has 6 heteroatoms. The topological polar surface area (TPSA) is 66.8 Å². The second kappa shape index (κ2) is 12.9. The van der Waals surface area contributed by atoms with Crippen LogP contribution in [0.2, 0.25) is 0 Å². The van der Waals surface area contributed by atoms with Crippen molar-refractivity contribution in [3.05, 3.63) is 51.7 Å². The van der Waals surface area contributed by atoms with E-state index in [1.807, 2.05) is 48.2 Å². The number of unbranched alkanes of at least 4 members (excludes halogenated alkanes) is 2. The van der Waals surface area contributed by atoms with E-state index in [1.54, 1.807) is 0 Å². The molecule has 1 aliphatic heterocycles. The van der Waals surface area contributed by atoms with Crippen molar-refractivity contribution in [2.75, 3.05) is 11.5 Å². The molecule has 1 aromatic heterocycles. The van der Waals surface area contributed by atoms with Gasteiger partial charge < -0.3 is 14.7 Å². The molecule has 1 amide bonds. The average Bonchev–Trinajstić information content (AvgIpc) is 3.44. The Morgan fingerprint density at radius 3 is 2.64 bits per heavy atom. The van der Waals surface area contributed by atoms with E-state index in [-0.39, 0.29) is 17.9 Å². The summed E-state index contributed by atoms with van der Waals surface area (Å²) in [6.07, 6.45) is 8.71. The van der Waals surface area contributed by atoms with Gasteiger partial charge in [-0.15, -0.1) is 11.3 Å². The Kier molecular flexibility index (Phi) is 9.95. The lowest BCUT2D eigenvalue weighted by Gasteiger charge is -2.25. The van der Waals surface area contributed by atoms with E-state index >= 15 is 0 Å². The summed E-state index contributed by atoms with van der Waals surface area (Å²) in [5.41, 5.74) is 1.84. The first-order valence-electron chi connectivity index (χ1n) is 12.4. The Morgan fingerprint density at radius 1 is 1.12 bits per heavy atom. The molecule has 1 aromatic carbocycles. The second-order valence-corrected chi connectivity index (χ2v) is 10.0. The van der Waals surface area contributed by atoms with Gasteiger partial charge in [-0.1, -0.05) is 45.2 Å². The first-order valence-corrected chi connectivity index (χ1v) is 13.2. The van der Waals surface area contributed by atoms with Crippen LogP contribution < -0.4 is 4.90 Å². The summed E-state index contributed by atoms with van der Waals surface area (Å²) >= 11 is 1.50. The average molecular weight is 472 g/mol. The number of ether oxygens (including phenoxy) is 1. The van der Waals surface area contributed by atoms with Gasteiger partial charge in [0.15, 0.2) is 0 Å². The van der Waals surface area contributed by atoms with Gasteiger partial charge in [0.05, 0.1) is 12.7 Å². The number of aryl methyl sites for hydroxylation is 1. The quantitative estimate of drug-likeness (QED) is 0.269. The lowest BCUT2D eigenvalue weighted by Crippen LogP contribution is -2.32. The summed E-state index contributed by atoms with van der Waals surface area (Å²) in [6, 6.07) is 11.9. The number of hydrogen-bond donors (Lipinski definition) is 1. The van der Waals surface area contributed by atoms with E-state index in [0.29, 0.717) is 17.9 Å². The Bertz CT molecular complexity index is 892. The van der Waals surface area contributed by atoms with Crippen LogP contribution >= 0.6 is 11.3 Å². The predicted molar refractivity (Wildman–Crippen MR) is 134 cm³/mol. The fourth-order valence-corrected chi connectivity index (χ4v) is 5.33. The standard InChI is InChI=1S/C27H37NO4S/c1-3-5-6-10-24(29)20-11-13-22(14-12-20)28-21(15-18-26(28)30)8-7-9-23-16-17-25(33-23)27(31)32-19-4-2/h11-14,16-17,21,24,29H,3-10,15,18-19H2,1-2H3. The molecular formula is C27H37NO4S. The molecular weight excluding hydrogens is 434 g/mol. The molecule has 180 valence electrons. The highest BCUT2D eigenvalue weighted by Crippen LogP contribution is 2.31. The van der Waals surface area contributed by atoms with E-state index < -0.39 is 6.10 Å². The van der Waals surface area contributed by atoms with Crippen molar-refractivity contribution in [2.45, 2.75) is 90.2 Å². The Labute approximate surface area is 201 Å². The Morgan fingerprint density at radius 2 is 1.91 bits per heavy atom. The zero-order chi connectivity index (χ0) is 23.6. The maximum absolute atomic E-state index is 12.6. The Balaban J connectivity index is 1.53. The van der Waals surface area contributed by atoms with Crippen molar-refractivity contribution < 1.29 is 19.4 Å². The largest absolute Gasteiger partial charge is 0.462 e. The van der Waals surface area contributed by atoms with Crippen molar-refractivity contribution in [1.82, 2.24) is 0 Å². The molecule has 2 atom stereocenters. The third-order valence-corrected chi connectivity index (χ3v) is 7.35. The van der Waals surface area contributed by atoms with Gasteiger partial charge in [0, 0.05) is 23.0 Å². The van der Waals surface area contributed by atoms with Crippen LogP contribution in [0.5, 0.6) is 0 Å². The van der Waals surface area contributed by atoms with Crippen molar-refractivity contribution in [2.24, 2.45) is 0 Å². The van der Waals surface area contributed by atoms with E-state index in [2.05, 4.69) is 6.92 Å². The van der Waals surface area contributed by atoms with Crippen molar-refractivity contribution in [3.8, 4) is 0 Å². The van der Waals surface area contributed by atoms with Crippen LogP contribution in [-0.4, -0.2) is 29.6 Å². The summed E-state index contributed by atoms with van der Waals surface area (Å²) in [6.45, 7) is 4.60. The van der Waals surface area contributed by atoms with E-state index in [0.717, 1.165) is 69.0 Å². The van der Waals surface area contributed by atoms with Gasteiger partial charge in [-0.25, -0.2) is 4.79 Å². The van der Waals surface area contributed by atoms with Crippen LogP contribution in [0.4, 0.5) is 5.69 Å². The van der Waals surface area contributed by atoms with Crippen LogP contribution in [0.25, 0.3) is 0 Å². The number of anilines is 1. The van der Waals surface area contributed by atoms with Crippen molar-refractivity contribution in [1.29, 1.82) is 0 Å². The van der Waals surface area contributed by atoms with Gasteiger partial charge in [-0.05, 0) is 68.4 Å². The number of carbonyl (C=O) groups excluding carboxylic acids is 2. The molecule has 0 radical (unpaired) electrons. The number of carbonyl (C=O) groups is 2. The number of aliphatic hydroxyl groups excluding tert-OH is 1. The second-order valence-electron chi connectivity index (χ2n) is 8.85. The minimum Gasteiger partial charge on any atom is -0.462 e. The van der Waals surface area contributed by atoms with Gasteiger partial charge in [0.1, 0.15) is 4.88 Å². The molecule has 3 rings (SSSR count). The normalized spacial score (nSPS) is 16.9. The number of esters is 1. The number of benzene rings is 1. The number of nitrogens with zero attached hydrogens (tertiary/aromatic N) is 1. The minimum atomic E-state index is -0.439. The monoisotopic (exact) mass is 471 g/mol. The number of hydrogen-bond acceptors (Lipinski definition) is 5. The molecule has 1 N–H and O–H groups in total. The van der Waals surface area contributed by atoms with E-state index in [1.165, 1.54) is 16.2 Å². The predicted octanol–water partition coefficient (Wildman–Crippen LogP) is 6.45. The highest BCUT2D eigenvalue weighted by Gasteiger charge is 2.31. The van der Waals surface area contributed by atoms with Gasteiger partial charge in [0.25, 0.3) is 0 Å². The number of aliphatic hydroxyl groups is 1. The summed E-state index contributed by atoms with van der Waals surface area (Å²) < 4.78 is 5.21. The van der Waals surface area contributed by atoms with E-state index in [9.17, 15) is 14.7 Å². The molecule has 2 heterocycles. The lowest BCUT2D eigenvalue weighted by molar-refractivity contribution is -0.117. The maximum Gasteiger partial charge on any atom is 0.348 e. The SMILES string of the molecule is CCCCCC(O)c1ccc(N2C(=O)CCC2CCCc2ccc(C(=O)OCCC)s2)cc1. The summed E-state index contributed by atoms with van der Waals surface area (Å²) in [4.78, 5) is 28.4. The van der Waals surface area contributed by atoms with Gasteiger partial charge >= 0.3 is 5.97 Å². The highest BCUT2D eigenvalue weighted by atomic mass is 32.1. The maximum atomic E-state index is 12.6. The summed E-state index contributed by atoms with van der Waals surface area (Å²) in [5.74, 6) is -0.0621. The molecule has 1 saturated heterocycles.